The molecule has 3 aliphatic carbocycles. The summed E-state index contributed by atoms with van der Waals surface area (Å²) in [5.41, 5.74) is 1.26. The Labute approximate surface area is 193 Å². The SMILES string of the molecule is O=C1[C@@H]2C3c4ccccc4C(C(=O)O)(c4ccccc43)[C@@H]2C(=O)N1c1ccc(Cl)cc1Cl. The molecule has 5 nitrogen and oxygen atoms in total. The Morgan fingerprint density at radius 1 is 0.875 bits per heavy atom. The molecule has 0 unspecified atom stereocenters. The maximum atomic E-state index is 13.9. The smallest absolute Gasteiger partial charge is 0.319 e. The summed E-state index contributed by atoms with van der Waals surface area (Å²) in [6.45, 7) is 0. The normalized spacial score (nSPS) is 27.2. The number of amides is 2. The molecule has 32 heavy (non-hydrogen) atoms. The van der Waals surface area contributed by atoms with Crippen LogP contribution in [0.15, 0.2) is 66.7 Å². The van der Waals surface area contributed by atoms with E-state index in [4.69, 9.17) is 23.2 Å². The van der Waals surface area contributed by atoms with Gasteiger partial charge in [0.15, 0.2) is 0 Å². The molecule has 3 aromatic rings. The lowest BCUT2D eigenvalue weighted by Crippen LogP contribution is -2.57. The number of carbonyl (C=O) groups excluding carboxylic acids is 2. The number of halogens is 2. The molecular weight excluding hydrogens is 449 g/mol. The van der Waals surface area contributed by atoms with Crippen LogP contribution in [0.2, 0.25) is 10.0 Å². The second kappa shape index (κ2) is 6.44. The van der Waals surface area contributed by atoms with E-state index >= 15 is 0 Å². The quantitative estimate of drug-likeness (QED) is 0.562. The lowest BCUT2D eigenvalue weighted by atomic mass is 9.47. The summed E-state index contributed by atoms with van der Waals surface area (Å²) in [6.07, 6.45) is 0. The Balaban J connectivity index is 1.67. The van der Waals surface area contributed by atoms with Crippen LogP contribution >= 0.6 is 23.2 Å². The van der Waals surface area contributed by atoms with E-state index in [1.54, 1.807) is 30.3 Å². The molecule has 4 aliphatic rings. The molecule has 1 N–H and O–H groups in total. The number of hydrogen-bond donors (Lipinski definition) is 1. The van der Waals surface area contributed by atoms with Gasteiger partial charge in [-0.3, -0.25) is 14.4 Å². The molecule has 0 spiro atoms. The van der Waals surface area contributed by atoms with Crippen molar-refractivity contribution in [3.05, 3.63) is 99.0 Å². The molecule has 3 aromatic carbocycles. The van der Waals surface area contributed by atoms with Gasteiger partial charge in [0.05, 0.1) is 22.5 Å². The number of imide groups is 1. The minimum Gasteiger partial charge on any atom is -0.480 e. The number of carboxylic acid groups (broad SMARTS) is 1. The summed E-state index contributed by atoms with van der Waals surface area (Å²) in [5.74, 6) is -4.47. The highest BCUT2D eigenvalue weighted by Gasteiger charge is 2.71. The number of benzene rings is 3. The number of carbonyl (C=O) groups is 3. The van der Waals surface area contributed by atoms with E-state index in [9.17, 15) is 19.5 Å². The fraction of sp³-hybridized carbons (Fsp3) is 0.160. The van der Waals surface area contributed by atoms with E-state index in [1.807, 2.05) is 24.3 Å². The molecule has 0 saturated carbocycles. The van der Waals surface area contributed by atoms with Crippen molar-refractivity contribution in [3.63, 3.8) is 0 Å². The van der Waals surface area contributed by atoms with Crippen LogP contribution in [0.3, 0.4) is 0 Å². The number of aliphatic carboxylic acids is 1. The van der Waals surface area contributed by atoms with Crippen molar-refractivity contribution < 1.29 is 19.5 Å². The fourth-order valence-corrected chi connectivity index (χ4v) is 6.53. The van der Waals surface area contributed by atoms with Gasteiger partial charge in [0.2, 0.25) is 11.8 Å². The molecule has 7 heteroatoms. The predicted octanol–water partition coefficient (Wildman–Crippen LogP) is 4.63. The molecular formula is C25H15Cl2NO4. The molecule has 0 aromatic heterocycles. The van der Waals surface area contributed by atoms with Crippen LogP contribution in [-0.4, -0.2) is 22.9 Å². The monoisotopic (exact) mass is 463 g/mol. The van der Waals surface area contributed by atoms with Crippen molar-refractivity contribution in [2.45, 2.75) is 11.3 Å². The second-order valence-corrected chi connectivity index (χ2v) is 9.22. The van der Waals surface area contributed by atoms with Crippen LogP contribution in [0.4, 0.5) is 5.69 Å². The molecule has 7 rings (SSSR count). The highest BCUT2D eigenvalue weighted by atomic mass is 35.5. The Morgan fingerprint density at radius 3 is 2.03 bits per heavy atom. The molecule has 2 bridgehead atoms. The Bertz CT molecular complexity index is 1320. The van der Waals surface area contributed by atoms with Crippen LogP contribution in [0, 0.1) is 11.8 Å². The van der Waals surface area contributed by atoms with Crippen LogP contribution in [0.5, 0.6) is 0 Å². The van der Waals surface area contributed by atoms with E-state index < -0.39 is 41.0 Å². The van der Waals surface area contributed by atoms with E-state index in [1.165, 1.54) is 12.1 Å². The van der Waals surface area contributed by atoms with Gasteiger partial charge < -0.3 is 5.11 Å². The first kappa shape index (κ1) is 19.5. The minimum absolute atomic E-state index is 0.157. The van der Waals surface area contributed by atoms with E-state index in [2.05, 4.69) is 0 Å². The second-order valence-electron chi connectivity index (χ2n) is 8.38. The van der Waals surface area contributed by atoms with Gasteiger partial charge >= 0.3 is 5.97 Å². The van der Waals surface area contributed by atoms with Crippen LogP contribution in [0.1, 0.15) is 28.2 Å². The lowest BCUT2D eigenvalue weighted by molar-refractivity contribution is -0.149. The molecule has 1 fully saturated rings. The summed E-state index contributed by atoms with van der Waals surface area (Å²) in [6, 6.07) is 19.0. The number of rotatable bonds is 2. The van der Waals surface area contributed by atoms with Crippen molar-refractivity contribution >= 4 is 46.7 Å². The van der Waals surface area contributed by atoms with Gasteiger partial charge in [0, 0.05) is 10.9 Å². The maximum absolute atomic E-state index is 13.9. The number of hydrogen-bond acceptors (Lipinski definition) is 3. The third-order valence-electron chi connectivity index (χ3n) is 7.11. The molecule has 2 amide bonds. The first-order valence-electron chi connectivity index (χ1n) is 10.1. The molecule has 1 aliphatic heterocycles. The zero-order valence-electron chi connectivity index (χ0n) is 16.5. The number of nitrogens with zero attached hydrogens (tertiary/aromatic N) is 1. The molecule has 2 atom stereocenters. The zero-order chi connectivity index (χ0) is 22.4. The summed E-state index contributed by atoms with van der Waals surface area (Å²) < 4.78 is 0. The first-order chi connectivity index (χ1) is 15.4. The number of anilines is 1. The summed E-state index contributed by atoms with van der Waals surface area (Å²) >= 11 is 12.4. The number of carboxylic acids is 1. The van der Waals surface area contributed by atoms with Gasteiger partial charge in [-0.05, 0) is 40.5 Å². The summed E-state index contributed by atoms with van der Waals surface area (Å²) in [7, 11) is 0. The molecule has 1 saturated heterocycles. The fourth-order valence-electron chi connectivity index (χ4n) is 6.04. The first-order valence-corrected chi connectivity index (χ1v) is 10.9. The largest absolute Gasteiger partial charge is 0.480 e. The van der Waals surface area contributed by atoms with E-state index in [-0.39, 0.29) is 10.7 Å². The highest BCUT2D eigenvalue weighted by molar-refractivity contribution is 6.38. The average Bonchev–Trinajstić information content (AvgIpc) is 3.05. The highest BCUT2D eigenvalue weighted by Crippen LogP contribution is 2.64. The maximum Gasteiger partial charge on any atom is 0.319 e. The van der Waals surface area contributed by atoms with Gasteiger partial charge in [-0.1, -0.05) is 71.7 Å². The van der Waals surface area contributed by atoms with Crippen molar-refractivity contribution in [1.82, 2.24) is 0 Å². The third kappa shape index (κ3) is 2.13. The van der Waals surface area contributed by atoms with Crippen LogP contribution in [0.25, 0.3) is 0 Å². The van der Waals surface area contributed by atoms with Gasteiger partial charge in [0.1, 0.15) is 5.41 Å². The minimum atomic E-state index is -1.66. The molecule has 158 valence electrons. The molecule has 0 radical (unpaired) electrons. The van der Waals surface area contributed by atoms with Crippen molar-refractivity contribution in [1.29, 1.82) is 0 Å². The van der Waals surface area contributed by atoms with Crippen molar-refractivity contribution in [2.75, 3.05) is 4.90 Å². The molecule has 1 heterocycles. The third-order valence-corrected chi connectivity index (χ3v) is 7.64. The van der Waals surface area contributed by atoms with Gasteiger partial charge in [-0.2, -0.15) is 0 Å². The van der Waals surface area contributed by atoms with E-state index in [0.29, 0.717) is 16.1 Å². The average molecular weight is 464 g/mol. The van der Waals surface area contributed by atoms with Gasteiger partial charge in [-0.15, -0.1) is 0 Å². The van der Waals surface area contributed by atoms with Gasteiger partial charge in [-0.25, -0.2) is 4.90 Å². The summed E-state index contributed by atoms with van der Waals surface area (Å²) in [5, 5.41) is 11.2. The van der Waals surface area contributed by atoms with Crippen molar-refractivity contribution in [2.24, 2.45) is 11.8 Å². The standard InChI is InChI=1S/C25H15Cl2NO4/c26-12-9-10-18(17(27)11-12)28-22(29)20-19-13-5-1-3-7-15(13)25(24(31)32,21(20)23(28)30)16-8-4-2-6-14(16)19/h1-11,19-21H,(H,31,32)/t19?,20-,21+,25?/m1/s1. The lowest BCUT2D eigenvalue weighted by Gasteiger charge is -2.51. The van der Waals surface area contributed by atoms with Crippen LogP contribution in [-0.2, 0) is 19.8 Å². The topological polar surface area (TPSA) is 74.7 Å². The predicted molar refractivity (Wildman–Crippen MR) is 119 cm³/mol. The zero-order valence-corrected chi connectivity index (χ0v) is 18.0. The Hall–Kier alpha value is -3.15. The van der Waals surface area contributed by atoms with Crippen LogP contribution < -0.4 is 4.90 Å². The van der Waals surface area contributed by atoms with Crippen molar-refractivity contribution in [3.8, 4) is 0 Å². The summed E-state index contributed by atoms with van der Waals surface area (Å²) in [4.78, 5) is 41.8. The van der Waals surface area contributed by atoms with Gasteiger partial charge in [0.25, 0.3) is 0 Å². The van der Waals surface area contributed by atoms with E-state index in [0.717, 1.165) is 16.0 Å². The Morgan fingerprint density at radius 2 is 1.47 bits per heavy atom. The Kier molecular flexibility index (Phi) is 3.93.